The minimum absolute atomic E-state index is 0.176. The number of carbonyl (C=O) groups is 1. The molecule has 0 radical (unpaired) electrons. The molecule has 1 aliphatic carbocycles. The maximum Gasteiger partial charge on any atom is 0.136 e. The normalized spacial score (nSPS) is 30.6. The Morgan fingerprint density at radius 3 is 2.31 bits per heavy atom. The molecule has 0 bridgehead atoms. The zero-order valence-electron chi connectivity index (χ0n) is 9.39. The number of ketones is 1. The zero-order valence-corrected chi connectivity index (χ0v) is 9.39. The van der Waals surface area contributed by atoms with E-state index in [1.807, 2.05) is 0 Å². The molecule has 1 heteroatoms. The van der Waals surface area contributed by atoms with Crippen LogP contribution >= 0.6 is 0 Å². The first-order valence-electron chi connectivity index (χ1n) is 5.48. The van der Waals surface area contributed by atoms with Crippen LogP contribution in [-0.4, -0.2) is 5.78 Å². The van der Waals surface area contributed by atoms with Gasteiger partial charge >= 0.3 is 0 Å². The average molecular weight is 182 g/mol. The van der Waals surface area contributed by atoms with Crippen LogP contribution in [0, 0.1) is 17.3 Å². The molecular formula is C12H22O. The van der Waals surface area contributed by atoms with Crippen molar-refractivity contribution in [3.63, 3.8) is 0 Å². The summed E-state index contributed by atoms with van der Waals surface area (Å²) in [6.07, 6.45) is 4.37. The van der Waals surface area contributed by atoms with Crippen LogP contribution in [0.4, 0.5) is 0 Å². The van der Waals surface area contributed by atoms with Crippen molar-refractivity contribution in [2.75, 3.05) is 0 Å². The lowest BCUT2D eigenvalue weighted by atomic mass is 9.68. The second kappa shape index (κ2) is 3.81. The smallest absolute Gasteiger partial charge is 0.136 e. The van der Waals surface area contributed by atoms with Crippen molar-refractivity contribution < 1.29 is 4.79 Å². The molecule has 1 fully saturated rings. The van der Waals surface area contributed by atoms with Crippen molar-refractivity contribution in [2.45, 2.75) is 53.4 Å². The second-order valence-corrected chi connectivity index (χ2v) is 5.44. The van der Waals surface area contributed by atoms with Gasteiger partial charge in [-0.25, -0.2) is 0 Å². The molecule has 76 valence electrons. The zero-order chi connectivity index (χ0) is 10.1. The summed E-state index contributed by atoms with van der Waals surface area (Å²) in [6, 6.07) is 0. The monoisotopic (exact) mass is 182 g/mol. The second-order valence-electron chi connectivity index (χ2n) is 5.44. The maximum atomic E-state index is 11.8. The van der Waals surface area contributed by atoms with Gasteiger partial charge in [0.1, 0.15) is 5.78 Å². The third-order valence-corrected chi connectivity index (χ3v) is 3.36. The average Bonchev–Trinajstić information content (AvgIpc) is 2.01. The van der Waals surface area contributed by atoms with Crippen LogP contribution in [0.25, 0.3) is 0 Å². The van der Waals surface area contributed by atoms with Gasteiger partial charge in [-0.1, -0.05) is 34.1 Å². The van der Waals surface area contributed by atoms with Gasteiger partial charge in [-0.2, -0.15) is 0 Å². The van der Waals surface area contributed by atoms with E-state index in [1.54, 1.807) is 0 Å². The van der Waals surface area contributed by atoms with E-state index in [0.717, 1.165) is 12.8 Å². The van der Waals surface area contributed by atoms with E-state index in [2.05, 4.69) is 27.7 Å². The van der Waals surface area contributed by atoms with E-state index >= 15 is 0 Å². The van der Waals surface area contributed by atoms with Crippen molar-refractivity contribution in [1.29, 1.82) is 0 Å². The number of rotatable bonds is 1. The number of Topliss-reactive ketones (excluding diaryl/α,β-unsaturated/α-hetero) is 1. The SMILES string of the molecule is CC[C@H]1CC[C@@H](C(C)(C)C)C(=O)C1. The molecule has 0 aliphatic heterocycles. The van der Waals surface area contributed by atoms with Crippen LogP contribution in [0.1, 0.15) is 53.4 Å². The molecular weight excluding hydrogens is 160 g/mol. The Morgan fingerprint density at radius 2 is 1.92 bits per heavy atom. The van der Waals surface area contributed by atoms with E-state index in [0.29, 0.717) is 17.6 Å². The highest BCUT2D eigenvalue weighted by atomic mass is 16.1. The van der Waals surface area contributed by atoms with Crippen LogP contribution in [0.3, 0.4) is 0 Å². The molecule has 1 rings (SSSR count). The van der Waals surface area contributed by atoms with Crippen molar-refractivity contribution in [3.05, 3.63) is 0 Å². The van der Waals surface area contributed by atoms with Crippen LogP contribution in [0.2, 0.25) is 0 Å². The Hall–Kier alpha value is -0.330. The van der Waals surface area contributed by atoms with E-state index in [1.165, 1.54) is 12.8 Å². The fourth-order valence-electron chi connectivity index (χ4n) is 2.36. The number of carbonyl (C=O) groups excluding carboxylic acids is 1. The summed E-state index contributed by atoms with van der Waals surface area (Å²) in [6.45, 7) is 8.74. The van der Waals surface area contributed by atoms with Crippen molar-refractivity contribution in [3.8, 4) is 0 Å². The maximum absolute atomic E-state index is 11.8. The van der Waals surface area contributed by atoms with Crippen molar-refractivity contribution in [1.82, 2.24) is 0 Å². The molecule has 0 aromatic rings. The Morgan fingerprint density at radius 1 is 1.31 bits per heavy atom. The summed E-state index contributed by atoms with van der Waals surface area (Å²) in [7, 11) is 0. The summed E-state index contributed by atoms with van der Waals surface area (Å²) in [5.41, 5.74) is 0.176. The molecule has 1 saturated carbocycles. The lowest BCUT2D eigenvalue weighted by Crippen LogP contribution is -2.33. The molecule has 0 aromatic carbocycles. The summed E-state index contributed by atoms with van der Waals surface area (Å²) >= 11 is 0. The molecule has 0 heterocycles. The van der Waals surface area contributed by atoms with Crippen molar-refractivity contribution in [2.24, 2.45) is 17.3 Å². The predicted octanol–water partition coefficient (Wildman–Crippen LogP) is 3.43. The highest BCUT2D eigenvalue weighted by Gasteiger charge is 2.35. The van der Waals surface area contributed by atoms with Crippen molar-refractivity contribution >= 4 is 5.78 Å². The summed E-state index contributed by atoms with van der Waals surface area (Å²) in [5.74, 6) is 1.49. The highest BCUT2D eigenvalue weighted by Crippen LogP contribution is 2.38. The number of hydrogen-bond donors (Lipinski definition) is 0. The number of hydrogen-bond acceptors (Lipinski definition) is 1. The first-order chi connectivity index (χ1) is 5.95. The Kier molecular flexibility index (Phi) is 3.15. The van der Waals surface area contributed by atoms with Gasteiger partial charge < -0.3 is 0 Å². The molecule has 13 heavy (non-hydrogen) atoms. The summed E-state index contributed by atoms with van der Waals surface area (Å²) in [4.78, 5) is 11.8. The molecule has 0 spiro atoms. The van der Waals surface area contributed by atoms with Gasteiger partial charge in [-0.3, -0.25) is 4.79 Å². The van der Waals surface area contributed by atoms with Gasteiger partial charge in [0.2, 0.25) is 0 Å². The molecule has 0 unspecified atom stereocenters. The van der Waals surface area contributed by atoms with Crippen LogP contribution < -0.4 is 0 Å². The van der Waals surface area contributed by atoms with Gasteiger partial charge in [0.05, 0.1) is 0 Å². The quantitative estimate of drug-likeness (QED) is 0.607. The van der Waals surface area contributed by atoms with Gasteiger partial charge in [0.25, 0.3) is 0 Å². The van der Waals surface area contributed by atoms with Gasteiger partial charge in [-0.05, 0) is 24.2 Å². The largest absolute Gasteiger partial charge is 0.299 e. The van der Waals surface area contributed by atoms with Gasteiger partial charge in [0, 0.05) is 12.3 Å². The van der Waals surface area contributed by atoms with Gasteiger partial charge in [0.15, 0.2) is 0 Å². The van der Waals surface area contributed by atoms with Crippen LogP contribution in [-0.2, 0) is 4.79 Å². The van der Waals surface area contributed by atoms with E-state index in [-0.39, 0.29) is 5.41 Å². The fourth-order valence-corrected chi connectivity index (χ4v) is 2.36. The fraction of sp³-hybridized carbons (Fsp3) is 0.917. The van der Waals surface area contributed by atoms with E-state index in [9.17, 15) is 4.79 Å². The molecule has 1 nitrogen and oxygen atoms in total. The third-order valence-electron chi connectivity index (χ3n) is 3.36. The third kappa shape index (κ3) is 2.55. The van der Waals surface area contributed by atoms with Gasteiger partial charge in [-0.15, -0.1) is 0 Å². The molecule has 0 aromatic heterocycles. The summed E-state index contributed by atoms with van der Waals surface area (Å²) < 4.78 is 0. The lowest BCUT2D eigenvalue weighted by Gasteiger charge is -2.35. The van der Waals surface area contributed by atoms with Crippen LogP contribution in [0.15, 0.2) is 0 Å². The van der Waals surface area contributed by atoms with E-state index < -0.39 is 0 Å². The standard InChI is InChI=1S/C12H22O/c1-5-9-6-7-10(11(13)8-9)12(2,3)4/h9-10H,5-8H2,1-4H3/t9-,10+/m0/s1. The van der Waals surface area contributed by atoms with E-state index in [4.69, 9.17) is 0 Å². The Bertz CT molecular complexity index is 188. The Labute approximate surface area is 81.9 Å². The lowest BCUT2D eigenvalue weighted by molar-refractivity contribution is -0.129. The minimum atomic E-state index is 0.176. The molecule has 0 saturated heterocycles. The predicted molar refractivity (Wildman–Crippen MR) is 55.6 cm³/mol. The molecule has 0 amide bonds. The summed E-state index contributed by atoms with van der Waals surface area (Å²) in [5, 5.41) is 0. The highest BCUT2D eigenvalue weighted by molar-refractivity contribution is 5.82. The first-order valence-corrected chi connectivity index (χ1v) is 5.48. The topological polar surface area (TPSA) is 17.1 Å². The molecule has 2 atom stereocenters. The van der Waals surface area contributed by atoms with Crippen LogP contribution in [0.5, 0.6) is 0 Å². The molecule has 0 N–H and O–H groups in total. The Balaban J connectivity index is 2.59. The minimum Gasteiger partial charge on any atom is -0.299 e. The molecule has 1 aliphatic rings. The first kappa shape index (κ1) is 10.7.